The van der Waals surface area contributed by atoms with Gasteiger partial charge in [-0.25, -0.2) is 0 Å². The first-order chi connectivity index (χ1) is 9.20. The maximum absolute atomic E-state index is 12.6. The fraction of sp³-hybridized carbons (Fsp3) is 0.467. The van der Waals surface area contributed by atoms with E-state index in [1.165, 1.54) is 4.90 Å². The van der Waals surface area contributed by atoms with E-state index >= 15 is 0 Å². The summed E-state index contributed by atoms with van der Waals surface area (Å²) in [5.74, 6) is -0.0478. The van der Waals surface area contributed by atoms with Crippen LogP contribution < -0.4 is 0 Å². The van der Waals surface area contributed by atoms with Crippen LogP contribution in [0.5, 0.6) is 0 Å². The predicted molar refractivity (Wildman–Crippen MR) is 90.5 cm³/mol. The second kappa shape index (κ2) is 5.75. The monoisotopic (exact) mass is 449 g/mol. The van der Waals surface area contributed by atoms with Gasteiger partial charge in [-0.3, -0.25) is 14.5 Å². The largest absolute Gasteiger partial charge is 0.278 e. The predicted octanol–water partition coefficient (Wildman–Crippen LogP) is 4.09. The van der Waals surface area contributed by atoms with Crippen molar-refractivity contribution in [3.63, 3.8) is 0 Å². The molecule has 1 saturated heterocycles. The molecule has 1 unspecified atom stereocenters. The summed E-state index contributed by atoms with van der Waals surface area (Å²) in [6, 6.07) is 5.58. The fourth-order valence-electron chi connectivity index (χ4n) is 2.29. The van der Waals surface area contributed by atoms with Crippen LogP contribution in [0.1, 0.15) is 37.6 Å². The number of carbonyl (C=O) groups excluding carboxylic acids is 2. The average Bonchev–Trinajstić information content (AvgIpc) is 2.73. The van der Waals surface area contributed by atoms with Crippen molar-refractivity contribution in [1.82, 2.24) is 4.90 Å². The molecule has 0 radical (unpaired) electrons. The number of hydrogen-bond acceptors (Lipinski definition) is 2. The molecule has 1 heterocycles. The lowest BCUT2D eigenvalue weighted by molar-refractivity contribution is -0.125. The van der Waals surface area contributed by atoms with Gasteiger partial charge in [-0.05, 0) is 68.1 Å². The second-order valence-corrected chi connectivity index (χ2v) is 8.30. The summed E-state index contributed by atoms with van der Waals surface area (Å²) < 4.78 is 1.71. The quantitative estimate of drug-likeness (QED) is 0.478. The zero-order chi connectivity index (χ0) is 15.1. The summed E-state index contributed by atoms with van der Waals surface area (Å²) in [6.07, 6.45) is 0.455. The van der Waals surface area contributed by atoms with Crippen molar-refractivity contribution >= 4 is 50.3 Å². The van der Waals surface area contributed by atoms with E-state index in [-0.39, 0.29) is 23.1 Å². The van der Waals surface area contributed by atoms with E-state index in [9.17, 15) is 9.59 Å². The number of rotatable bonds is 1. The Morgan fingerprint density at radius 3 is 2.60 bits per heavy atom. The second-order valence-electron chi connectivity index (χ2n) is 6.20. The maximum Gasteiger partial charge on any atom is 0.261 e. The average molecular weight is 450 g/mol. The molecule has 20 heavy (non-hydrogen) atoms. The van der Waals surface area contributed by atoms with Crippen molar-refractivity contribution in [3.05, 3.63) is 31.8 Å². The molecule has 108 valence electrons. The van der Waals surface area contributed by atoms with Crippen LogP contribution in [0, 0.1) is 14.9 Å². The van der Waals surface area contributed by atoms with Crippen LogP contribution in [0.2, 0.25) is 0 Å². The van der Waals surface area contributed by atoms with E-state index in [0.717, 1.165) is 8.04 Å². The van der Waals surface area contributed by atoms with Gasteiger partial charge in [0, 0.05) is 21.0 Å². The first-order valence-corrected chi connectivity index (χ1v) is 8.37. The van der Waals surface area contributed by atoms with Gasteiger partial charge in [-0.2, -0.15) is 0 Å². The highest BCUT2D eigenvalue weighted by Crippen LogP contribution is 2.35. The van der Waals surface area contributed by atoms with Crippen molar-refractivity contribution in [2.75, 3.05) is 6.54 Å². The van der Waals surface area contributed by atoms with E-state index in [1.54, 1.807) is 0 Å². The van der Waals surface area contributed by atoms with Gasteiger partial charge < -0.3 is 0 Å². The molecule has 0 bridgehead atoms. The van der Waals surface area contributed by atoms with Crippen LogP contribution >= 0.6 is 38.5 Å². The van der Waals surface area contributed by atoms with Gasteiger partial charge in [0.2, 0.25) is 5.91 Å². The summed E-state index contributed by atoms with van der Waals surface area (Å²) >= 11 is 5.55. The summed E-state index contributed by atoms with van der Waals surface area (Å²) in [4.78, 5) is 26.1. The minimum absolute atomic E-state index is 0.0348. The minimum atomic E-state index is -0.202. The SMILES string of the molecule is CC(C)(C)C1CC(=O)N(C(=O)c2cc(I)ccc2Br)C1. The van der Waals surface area contributed by atoms with Gasteiger partial charge in [-0.1, -0.05) is 20.8 Å². The Labute approximate surface area is 141 Å². The van der Waals surface area contributed by atoms with Crippen molar-refractivity contribution in [3.8, 4) is 0 Å². The first-order valence-electron chi connectivity index (χ1n) is 6.50. The molecule has 2 amide bonds. The molecule has 1 aromatic rings. The van der Waals surface area contributed by atoms with Crippen LogP contribution in [-0.4, -0.2) is 23.3 Å². The highest BCUT2D eigenvalue weighted by Gasteiger charge is 2.40. The smallest absolute Gasteiger partial charge is 0.261 e. The molecule has 1 aromatic carbocycles. The topological polar surface area (TPSA) is 37.4 Å². The van der Waals surface area contributed by atoms with Crippen molar-refractivity contribution in [2.24, 2.45) is 11.3 Å². The van der Waals surface area contributed by atoms with E-state index < -0.39 is 0 Å². The van der Waals surface area contributed by atoms with E-state index in [2.05, 4.69) is 59.3 Å². The Kier molecular flexibility index (Phi) is 4.59. The molecule has 1 atom stereocenters. The van der Waals surface area contributed by atoms with Crippen LogP contribution in [-0.2, 0) is 4.79 Å². The number of hydrogen-bond donors (Lipinski definition) is 0. The number of amides is 2. The Morgan fingerprint density at radius 1 is 1.40 bits per heavy atom. The Morgan fingerprint density at radius 2 is 2.05 bits per heavy atom. The molecule has 0 aromatic heterocycles. The molecule has 1 aliphatic heterocycles. The summed E-state index contributed by atoms with van der Waals surface area (Å²) in [7, 11) is 0. The molecule has 2 rings (SSSR count). The number of nitrogens with zero attached hydrogens (tertiary/aromatic N) is 1. The standard InChI is InChI=1S/C15H17BrINO2/c1-15(2,3)9-6-13(19)18(8-9)14(20)11-7-10(17)4-5-12(11)16/h4-5,7,9H,6,8H2,1-3H3. The molecular formula is C15H17BrINO2. The third-order valence-corrected chi connectivity index (χ3v) is 5.12. The molecule has 0 saturated carbocycles. The van der Waals surface area contributed by atoms with Crippen molar-refractivity contribution in [1.29, 1.82) is 0 Å². The van der Waals surface area contributed by atoms with Crippen LogP contribution in [0.15, 0.2) is 22.7 Å². The molecule has 1 aliphatic rings. The normalized spacial score (nSPS) is 19.6. The van der Waals surface area contributed by atoms with E-state index in [4.69, 9.17) is 0 Å². The molecule has 5 heteroatoms. The summed E-state index contributed by atoms with van der Waals surface area (Å²) in [5, 5.41) is 0. The number of likely N-dealkylation sites (tertiary alicyclic amines) is 1. The van der Waals surface area contributed by atoms with Crippen LogP contribution in [0.4, 0.5) is 0 Å². The number of carbonyl (C=O) groups is 2. The highest BCUT2D eigenvalue weighted by atomic mass is 127. The lowest BCUT2D eigenvalue weighted by Crippen LogP contribution is -2.33. The van der Waals surface area contributed by atoms with Gasteiger partial charge in [-0.15, -0.1) is 0 Å². The van der Waals surface area contributed by atoms with E-state index in [0.29, 0.717) is 18.5 Å². The van der Waals surface area contributed by atoms with Gasteiger partial charge in [0.15, 0.2) is 0 Å². The first kappa shape index (κ1) is 15.9. The summed E-state index contributed by atoms with van der Waals surface area (Å²) in [5.41, 5.74) is 0.590. The molecule has 0 N–H and O–H groups in total. The maximum atomic E-state index is 12.6. The molecule has 0 aliphatic carbocycles. The molecule has 1 fully saturated rings. The third-order valence-electron chi connectivity index (χ3n) is 3.75. The zero-order valence-electron chi connectivity index (χ0n) is 11.7. The fourth-order valence-corrected chi connectivity index (χ4v) is 3.20. The van der Waals surface area contributed by atoms with Crippen LogP contribution in [0.25, 0.3) is 0 Å². The minimum Gasteiger partial charge on any atom is -0.278 e. The van der Waals surface area contributed by atoms with Crippen molar-refractivity contribution in [2.45, 2.75) is 27.2 Å². The number of imide groups is 1. The summed E-state index contributed by atoms with van der Waals surface area (Å²) in [6.45, 7) is 6.85. The Balaban J connectivity index is 2.26. The van der Waals surface area contributed by atoms with Gasteiger partial charge in [0.1, 0.15) is 0 Å². The van der Waals surface area contributed by atoms with Gasteiger partial charge in [0.05, 0.1) is 5.56 Å². The highest BCUT2D eigenvalue weighted by molar-refractivity contribution is 14.1. The Bertz CT molecular complexity index is 565. The van der Waals surface area contributed by atoms with Gasteiger partial charge in [0.25, 0.3) is 5.91 Å². The van der Waals surface area contributed by atoms with Crippen molar-refractivity contribution < 1.29 is 9.59 Å². The molecule has 0 spiro atoms. The molecular weight excluding hydrogens is 433 g/mol. The molecule has 3 nitrogen and oxygen atoms in total. The van der Waals surface area contributed by atoms with E-state index in [1.807, 2.05) is 18.2 Å². The number of benzene rings is 1. The Hall–Kier alpha value is -0.430. The van der Waals surface area contributed by atoms with Gasteiger partial charge >= 0.3 is 0 Å². The number of halogens is 2. The third kappa shape index (κ3) is 3.24. The lowest BCUT2D eigenvalue weighted by Gasteiger charge is -2.26. The zero-order valence-corrected chi connectivity index (χ0v) is 15.5. The van der Waals surface area contributed by atoms with Crippen LogP contribution in [0.3, 0.4) is 0 Å². The lowest BCUT2D eigenvalue weighted by atomic mass is 9.80.